The summed E-state index contributed by atoms with van der Waals surface area (Å²) in [6, 6.07) is 0. The zero-order valence-electron chi connectivity index (χ0n) is 15.7. The molecule has 0 bridgehead atoms. The number of nitrogens with zero attached hydrogens (tertiary/aromatic N) is 1. The van der Waals surface area contributed by atoms with Gasteiger partial charge in [0.25, 0.3) is 0 Å². The molecule has 2 N–H and O–H groups in total. The molecule has 10 heteroatoms. The minimum Gasteiger partial charge on any atom is -0.444 e. The van der Waals surface area contributed by atoms with Crippen LogP contribution in [-0.4, -0.2) is 55.7 Å². The highest BCUT2D eigenvalue weighted by Crippen LogP contribution is 2.19. The maximum absolute atomic E-state index is 12.2. The fourth-order valence-corrected chi connectivity index (χ4v) is 3.33. The molecule has 0 aromatic rings. The van der Waals surface area contributed by atoms with E-state index < -0.39 is 33.6 Å². The Morgan fingerprint density at radius 1 is 1.04 bits per heavy atom. The van der Waals surface area contributed by atoms with Gasteiger partial charge in [0, 0.05) is 19.6 Å². The molecule has 1 rings (SSSR count). The summed E-state index contributed by atoms with van der Waals surface area (Å²) in [5.74, 6) is -0.0530. The molecule has 146 valence electrons. The van der Waals surface area contributed by atoms with E-state index in [0.29, 0.717) is 13.0 Å². The molecule has 0 aliphatic carbocycles. The fourth-order valence-electron chi connectivity index (χ4n) is 2.19. The molecule has 1 heterocycles. The molecule has 0 aromatic carbocycles. The molecule has 1 atom stereocenters. The van der Waals surface area contributed by atoms with Gasteiger partial charge in [-0.25, -0.2) is 14.3 Å². The smallest absolute Gasteiger partial charge is 0.422 e. The Bertz CT molecular complexity index is 591. The Labute approximate surface area is 149 Å². The Hall–Kier alpha value is -1.55. The second-order valence-corrected chi connectivity index (χ2v) is 9.68. The molecular formula is C15H29N3O6S. The molecule has 2 amide bonds. The lowest BCUT2D eigenvalue weighted by Gasteiger charge is -2.22. The van der Waals surface area contributed by atoms with Crippen molar-refractivity contribution in [3.05, 3.63) is 0 Å². The van der Waals surface area contributed by atoms with E-state index in [1.807, 2.05) is 4.72 Å². The van der Waals surface area contributed by atoms with Gasteiger partial charge in [-0.3, -0.25) is 0 Å². The first kappa shape index (κ1) is 21.5. The third kappa shape index (κ3) is 8.39. The SMILES string of the molecule is CC(C)(C)OC(=O)NCC1CCN(S(=O)(=O)NC(=O)OC(C)(C)C)C1. The molecule has 0 saturated carbocycles. The third-order valence-electron chi connectivity index (χ3n) is 3.13. The number of alkyl carbamates (subject to hydrolysis) is 1. The van der Waals surface area contributed by atoms with E-state index in [4.69, 9.17) is 9.47 Å². The van der Waals surface area contributed by atoms with Crippen molar-refractivity contribution in [3.8, 4) is 0 Å². The molecule has 9 nitrogen and oxygen atoms in total. The fraction of sp³-hybridized carbons (Fsp3) is 0.867. The summed E-state index contributed by atoms with van der Waals surface area (Å²) in [5.41, 5.74) is -1.38. The molecule has 1 aliphatic rings. The number of hydrogen-bond donors (Lipinski definition) is 2. The molecule has 0 radical (unpaired) electrons. The number of ether oxygens (including phenoxy) is 2. The molecule has 1 fully saturated rings. The highest BCUT2D eigenvalue weighted by atomic mass is 32.2. The van der Waals surface area contributed by atoms with E-state index in [1.165, 1.54) is 4.31 Å². The third-order valence-corrected chi connectivity index (χ3v) is 4.57. The van der Waals surface area contributed by atoms with Crippen LogP contribution >= 0.6 is 0 Å². The number of hydrogen-bond acceptors (Lipinski definition) is 6. The van der Waals surface area contributed by atoms with E-state index in [9.17, 15) is 18.0 Å². The Morgan fingerprint density at radius 3 is 2.08 bits per heavy atom. The van der Waals surface area contributed by atoms with Gasteiger partial charge >= 0.3 is 22.4 Å². The van der Waals surface area contributed by atoms with Gasteiger partial charge in [-0.1, -0.05) is 0 Å². The highest BCUT2D eigenvalue weighted by Gasteiger charge is 2.33. The first-order valence-electron chi connectivity index (χ1n) is 8.16. The number of amides is 2. The monoisotopic (exact) mass is 379 g/mol. The van der Waals surface area contributed by atoms with Crippen molar-refractivity contribution in [2.24, 2.45) is 5.92 Å². The van der Waals surface area contributed by atoms with Gasteiger partial charge in [0.15, 0.2) is 0 Å². The van der Waals surface area contributed by atoms with Gasteiger partial charge in [0.2, 0.25) is 0 Å². The maximum atomic E-state index is 12.2. The van der Waals surface area contributed by atoms with E-state index >= 15 is 0 Å². The number of rotatable bonds is 4. The van der Waals surface area contributed by atoms with Crippen LogP contribution in [0.1, 0.15) is 48.0 Å². The van der Waals surface area contributed by atoms with Crippen molar-refractivity contribution in [1.29, 1.82) is 0 Å². The van der Waals surface area contributed by atoms with Crippen LogP contribution in [0.15, 0.2) is 0 Å². The summed E-state index contributed by atoms with van der Waals surface area (Å²) in [6.45, 7) is 11.0. The van der Waals surface area contributed by atoms with Gasteiger partial charge in [0.1, 0.15) is 11.2 Å². The Balaban J connectivity index is 2.47. The molecule has 25 heavy (non-hydrogen) atoms. The lowest BCUT2D eigenvalue weighted by Crippen LogP contribution is -2.44. The van der Waals surface area contributed by atoms with E-state index in [-0.39, 0.29) is 19.0 Å². The number of nitrogens with one attached hydrogen (secondary N) is 2. The normalized spacial score (nSPS) is 19.4. The number of carbonyl (C=O) groups excluding carboxylic acids is 2. The number of carbonyl (C=O) groups is 2. The van der Waals surface area contributed by atoms with Crippen molar-refractivity contribution in [2.75, 3.05) is 19.6 Å². The topological polar surface area (TPSA) is 114 Å². The average molecular weight is 379 g/mol. The quantitative estimate of drug-likeness (QED) is 0.767. The van der Waals surface area contributed by atoms with Crippen molar-refractivity contribution < 1.29 is 27.5 Å². The van der Waals surface area contributed by atoms with Gasteiger partial charge in [-0.15, -0.1) is 0 Å². The molecular weight excluding hydrogens is 350 g/mol. The average Bonchev–Trinajstić information content (AvgIpc) is 2.80. The van der Waals surface area contributed by atoms with Gasteiger partial charge in [-0.2, -0.15) is 12.7 Å². The van der Waals surface area contributed by atoms with Crippen molar-refractivity contribution in [1.82, 2.24) is 14.3 Å². The summed E-state index contributed by atoms with van der Waals surface area (Å²) in [5, 5.41) is 2.63. The Morgan fingerprint density at radius 2 is 1.56 bits per heavy atom. The molecule has 0 aromatic heterocycles. The second-order valence-electron chi connectivity index (χ2n) is 8.00. The summed E-state index contributed by atoms with van der Waals surface area (Å²) in [4.78, 5) is 23.3. The second kappa shape index (κ2) is 7.77. The summed E-state index contributed by atoms with van der Waals surface area (Å²) < 4.78 is 37.6. The predicted molar refractivity (Wildman–Crippen MR) is 92.2 cm³/mol. The lowest BCUT2D eigenvalue weighted by atomic mass is 10.1. The van der Waals surface area contributed by atoms with Crippen molar-refractivity contribution >= 4 is 22.4 Å². The van der Waals surface area contributed by atoms with Gasteiger partial charge < -0.3 is 14.8 Å². The predicted octanol–water partition coefficient (Wildman–Crippen LogP) is 1.60. The standard InChI is InChI=1S/C15H29N3O6S/c1-14(2,3)23-12(19)16-9-11-7-8-18(10-11)25(21,22)17-13(20)24-15(4,5)6/h11H,7-10H2,1-6H3,(H,16,19)(H,17,20). The zero-order chi connectivity index (χ0) is 19.5. The first-order valence-corrected chi connectivity index (χ1v) is 9.60. The van der Waals surface area contributed by atoms with E-state index in [2.05, 4.69) is 5.32 Å². The van der Waals surface area contributed by atoms with Crippen molar-refractivity contribution in [2.45, 2.75) is 59.2 Å². The largest absolute Gasteiger partial charge is 0.444 e. The van der Waals surface area contributed by atoms with Gasteiger partial charge in [-0.05, 0) is 53.9 Å². The summed E-state index contributed by atoms with van der Waals surface area (Å²) in [6.07, 6.45) is -0.978. The van der Waals surface area contributed by atoms with E-state index in [0.717, 1.165) is 0 Å². The summed E-state index contributed by atoms with van der Waals surface area (Å²) >= 11 is 0. The molecule has 1 unspecified atom stereocenters. The minimum atomic E-state index is -3.97. The minimum absolute atomic E-state index is 0.0530. The van der Waals surface area contributed by atoms with Crippen LogP contribution in [0.2, 0.25) is 0 Å². The van der Waals surface area contributed by atoms with E-state index in [1.54, 1.807) is 41.5 Å². The van der Waals surface area contributed by atoms with Crippen LogP contribution < -0.4 is 10.0 Å². The van der Waals surface area contributed by atoms with Crippen molar-refractivity contribution in [3.63, 3.8) is 0 Å². The maximum Gasteiger partial charge on any atom is 0.422 e. The van der Waals surface area contributed by atoms with Crippen LogP contribution in [0.3, 0.4) is 0 Å². The molecule has 1 aliphatic heterocycles. The summed E-state index contributed by atoms with van der Waals surface area (Å²) in [7, 11) is -3.97. The van der Waals surface area contributed by atoms with Crippen LogP contribution in [0.25, 0.3) is 0 Å². The highest BCUT2D eigenvalue weighted by molar-refractivity contribution is 7.87. The van der Waals surface area contributed by atoms with Crippen LogP contribution in [0, 0.1) is 5.92 Å². The zero-order valence-corrected chi connectivity index (χ0v) is 16.5. The molecule has 0 spiro atoms. The first-order chi connectivity index (χ1) is 11.2. The van der Waals surface area contributed by atoms with Gasteiger partial charge in [0.05, 0.1) is 0 Å². The van der Waals surface area contributed by atoms with Crippen LogP contribution in [0.4, 0.5) is 9.59 Å². The molecule has 1 saturated heterocycles. The van der Waals surface area contributed by atoms with Crippen LogP contribution in [0.5, 0.6) is 0 Å². The lowest BCUT2D eigenvalue weighted by molar-refractivity contribution is 0.0518. The Kier molecular flexibility index (Phi) is 6.68. The van der Waals surface area contributed by atoms with Crippen LogP contribution in [-0.2, 0) is 19.7 Å².